The second-order valence-electron chi connectivity index (χ2n) is 7.97. The summed E-state index contributed by atoms with van der Waals surface area (Å²) >= 11 is 0. The van der Waals surface area contributed by atoms with Crippen LogP contribution < -0.4 is 10.2 Å². The second kappa shape index (κ2) is 7.75. The number of benzene rings is 2. The van der Waals surface area contributed by atoms with Gasteiger partial charge in [-0.25, -0.2) is 12.7 Å². The number of hydrogen-bond donors (Lipinski definition) is 1. The summed E-state index contributed by atoms with van der Waals surface area (Å²) in [6.45, 7) is 0.477. The smallest absolute Gasteiger partial charge is 0.269 e. The molecule has 0 saturated heterocycles. The molecule has 0 radical (unpaired) electrons. The van der Waals surface area contributed by atoms with Crippen LogP contribution in [-0.4, -0.2) is 51.2 Å². The number of carbonyl (C=O) groups is 2. The van der Waals surface area contributed by atoms with Crippen molar-refractivity contribution in [2.24, 2.45) is 0 Å². The Labute approximate surface area is 176 Å². The van der Waals surface area contributed by atoms with E-state index in [1.165, 1.54) is 23.8 Å². The van der Waals surface area contributed by atoms with E-state index in [1.54, 1.807) is 0 Å². The van der Waals surface area contributed by atoms with Crippen molar-refractivity contribution in [1.82, 2.24) is 9.62 Å². The first kappa shape index (κ1) is 20.4. The van der Waals surface area contributed by atoms with Crippen LogP contribution in [0.2, 0.25) is 0 Å². The van der Waals surface area contributed by atoms with E-state index in [2.05, 4.69) is 29.6 Å². The lowest BCUT2D eigenvalue weighted by molar-refractivity contribution is 0.0863. The third-order valence-corrected chi connectivity index (χ3v) is 7.35. The maximum absolute atomic E-state index is 12.7. The monoisotopic (exact) mass is 427 g/mol. The molecule has 0 unspecified atom stereocenters. The van der Waals surface area contributed by atoms with Gasteiger partial charge < -0.3 is 10.2 Å². The molecule has 7 nitrogen and oxygen atoms in total. The van der Waals surface area contributed by atoms with Crippen LogP contribution >= 0.6 is 0 Å². The van der Waals surface area contributed by atoms with Crippen molar-refractivity contribution < 1.29 is 18.0 Å². The van der Waals surface area contributed by atoms with Crippen LogP contribution in [0.5, 0.6) is 0 Å². The van der Waals surface area contributed by atoms with Crippen molar-refractivity contribution in [1.29, 1.82) is 0 Å². The van der Waals surface area contributed by atoms with Crippen molar-refractivity contribution in [2.75, 3.05) is 25.5 Å². The number of sulfonamides is 1. The lowest BCUT2D eigenvalue weighted by atomic mass is 10.1. The molecular weight excluding hydrogens is 402 g/mol. The Kier molecular flexibility index (Phi) is 5.27. The lowest BCUT2D eigenvalue weighted by Crippen LogP contribution is -2.32. The summed E-state index contributed by atoms with van der Waals surface area (Å²) in [5, 5.41) is 2.83. The lowest BCUT2D eigenvalue weighted by Gasteiger charge is -2.13. The van der Waals surface area contributed by atoms with Crippen molar-refractivity contribution in [3.8, 4) is 0 Å². The minimum Gasteiger partial charge on any atom is -0.378 e. The van der Waals surface area contributed by atoms with Crippen molar-refractivity contribution >= 4 is 27.5 Å². The number of nitrogens with one attached hydrogen (secondary N) is 1. The molecule has 2 aromatic carbocycles. The molecule has 2 aliphatic rings. The van der Waals surface area contributed by atoms with E-state index in [9.17, 15) is 18.0 Å². The van der Waals surface area contributed by atoms with Crippen LogP contribution in [0.25, 0.3) is 0 Å². The Morgan fingerprint density at radius 1 is 1.13 bits per heavy atom. The van der Waals surface area contributed by atoms with E-state index in [1.807, 2.05) is 19.0 Å². The molecule has 0 aromatic heterocycles. The predicted octanol–water partition coefficient (Wildman–Crippen LogP) is 2.42. The van der Waals surface area contributed by atoms with E-state index in [0.29, 0.717) is 19.4 Å². The summed E-state index contributed by atoms with van der Waals surface area (Å²) in [7, 11) is 0.129. The summed E-state index contributed by atoms with van der Waals surface area (Å²) in [4.78, 5) is 26.9. The number of rotatable bonds is 7. The van der Waals surface area contributed by atoms with Gasteiger partial charge >= 0.3 is 0 Å². The van der Waals surface area contributed by atoms with Crippen molar-refractivity contribution in [3.63, 3.8) is 0 Å². The fraction of sp³-hybridized carbons (Fsp3) is 0.364. The average Bonchev–Trinajstić information content (AvgIpc) is 3.52. The standard InChI is InChI=1S/C22H25N3O4S/c1-24(2)17-8-5-15(6-9-17)4-3-13-23-21(26)16-7-12-19-20(14-16)30(28,29)25(22(19)27)18-10-11-18/h5-9,12,14,18H,3-4,10-11,13H2,1-2H3,(H,23,26). The summed E-state index contributed by atoms with van der Waals surface area (Å²) in [5.41, 5.74) is 2.73. The van der Waals surface area contributed by atoms with E-state index >= 15 is 0 Å². The zero-order chi connectivity index (χ0) is 21.5. The highest BCUT2D eigenvalue weighted by Crippen LogP contribution is 2.39. The van der Waals surface area contributed by atoms with Gasteiger partial charge in [-0.05, 0) is 61.6 Å². The molecular formula is C22H25N3O4S. The fourth-order valence-corrected chi connectivity index (χ4v) is 5.46. The molecule has 0 atom stereocenters. The molecule has 1 N–H and O–H groups in total. The minimum atomic E-state index is -3.86. The molecule has 4 rings (SSSR count). The SMILES string of the molecule is CN(C)c1ccc(CCCNC(=O)c2ccc3c(c2)S(=O)(=O)N(C2CC2)C3=O)cc1. The number of aryl methyl sites for hydroxylation is 1. The quantitative estimate of drug-likeness (QED) is 0.686. The molecule has 158 valence electrons. The van der Waals surface area contributed by atoms with Gasteiger partial charge in [0.05, 0.1) is 5.56 Å². The van der Waals surface area contributed by atoms with Gasteiger partial charge in [0.15, 0.2) is 0 Å². The summed E-state index contributed by atoms with van der Waals surface area (Å²) < 4.78 is 26.4. The molecule has 2 aromatic rings. The number of carbonyl (C=O) groups excluding carboxylic acids is 2. The zero-order valence-electron chi connectivity index (χ0n) is 17.1. The van der Waals surface area contributed by atoms with Crippen LogP contribution in [0, 0.1) is 0 Å². The largest absolute Gasteiger partial charge is 0.378 e. The maximum Gasteiger partial charge on any atom is 0.269 e. The third-order valence-electron chi connectivity index (χ3n) is 5.47. The normalized spacial score (nSPS) is 17.0. The molecule has 1 heterocycles. The van der Waals surface area contributed by atoms with Crippen LogP contribution in [0.3, 0.4) is 0 Å². The Morgan fingerprint density at radius 3 is 2.47 bits per heavy atom. The van der Waals surface area contributed by atoms with Gasteiger partial charge in [-0.1, -0.05) is 12.1 Å². The van der Waals surface area contributed by atoms with Gasteiger partial charge in [-0.2, -0.15) is 0 Å². The molecule has 0 bridgehead atoms. The minimum absolute atomic E-state index is 0.0620. The predicted molar refractivity (Wildman–Crippen MR) is 114 cm³/mol. The second-order valence-corrected chi connectivity index (χ2v) is 9.75. The Hall–Kier alpha value is -2.87. The van der Waals surface area contributed by atoms with Crippen LogP contribution in [0.15, 0.2) is 47.4 Å². The number of nitrogens with zero attached hydrogens (tertiary/aromatic N) is 2. The Balaban J connectivity index is 1.36. The molecule has 2 amide bonds. The first-order valence-corrected chi connectivity index (χ1v) is 11.5. The highest BCUT2D eigenvalue weighted by molar-refractivity contribution is 7.90. The first-order chi connectivity index (χ1) is 14.3. The van der Waals surface area contributed by atoms with Gasteiger partial charge in [0.25, 0.3) is 21.8 Å². The molecule has 0 spiro atoms. The van der Waals surface area contributed by atoms with Gasteiger partial charge in [0.1, 0.15) is 4.90 Å². The number of fused-ring (bicyclic) bond motifs is 1. The highest BCUT2D eigenvalue weighted by Gasteiger charge is 2.48. The fourth-order valence-electron chi connectivity index (χ4n) is 3.62. The average molecular weight is 428 g/mol. The topological polar surface area (TPSA) is 86.8 Å². The zero-order valence-corrected chi connectivity index (χ0v) is 17.9. The molecule has 1 fully saturated rings. The summed E-state index contributed by atoms with van der Waals surface area (Å²) in [6.07, 6.45) is 3.00. The van der Waals surface area contributed by atoms with E-state index in [4.69, 9.17) is 0 Å². The third kappa shape index (κ3) is 3.79. The van der Waals surface area contributed by atoms with Gasteiger partial charge in [-0.15, -0.1) is 0 Å². The van der Waals surface area contributed by atoms with E-state index in [0.717, 1.165) is 22.8 Å². The number of amides is 2. The molecule has 1 aliphatic heterocycles. The van der Waals surface area contributed by atoms with Gasteiger partial charge in [0.2, 0.25) is 0 Å². The summed E-state index contributed by atoms with van der Waals surface area (Å²) in [6, 6.07) is 12.3. The van der Waals surface area contributed by atoms with Crippen molar-refractivity contribution in [2.45, 2.75) is 36.6 Å². The Morgan fingerprint density at radius 2 is 1.83 bits per heavy atom. The first-order valence-electron chi connectivity index (χ1n) is 10.1. The van der Waals surface area contributed by atoms with Gasteiger partial charge in [0, 0.05) is 37.9 Å². The van der Waals surface area contributed by atoms with E-state index < -0.39 is 15.9 Å². The number of hydrogen-bond acceptors (Lipinski definition) is 5. The van der Waals surface area contributed by atoms with E-state index in [-0.39, 0.29) is 28.0 Å². The molecule has 8 heteroatoms. The molecule has 1 aliphatic carbocycles. The maximum atomic E-state index is 12.7. The van der Waals surface area contributed by atoms with Crippen LogP contribution in [0.1, 0.15) is 45.5 Å². The highest BCUT2D eigenvalue weighted by atomic mass is 32.2. The van der Waals surface area contributed by atoms with Crippen LogP contribution in [0.4, 0.5) is 5.69 Å². The van der Waals surface area contributed by atoms with Gasteiger partial charge in [-0.3, -0.25) is 9.59 Å². The van der Waals surface area contributed by atoms with Crippen molar-refractivity contribution in [3.05, 3.63) is 59.2 Å². The van der Waals surface area contributed by atoms with Crippen LogP contribution in [-0.2, 0) is 16.4 Å². The molecule has 30 heavy (non-hydrogen) atoms. The summed E-state index contributed by atoms with van der Waals surface area (Å²) in [5.74, 6) is -0.826. The Bertz CT molecular complexity index is 1090. The molecule has 1 saturated carbocycles. The number of anilines is 1.